The van der Waals surface area contributed by atoms with E-state index in [1.165, 1.54) is 0 Å². The largest absolute Gasteiger partial charge is 0.422 e. The predicted molar refractivity (Wildman–Crippen MR) is 65.2 cm³/mol. The van der Waals surface area contributed by atoms with Gasteiger partial charge in [0, 0.05) is 24.6 Å². The maximum Gasteiger partial charge on any atom is 0.422 e. The van der Waals surface area contributed by atoms with E-state index in [0.717, 1.165) is 12.1 Å². The minimum Gasteiger partial charge on any atom is -0.396 e. The van der Waals surface area contributed by atoms with Crippen molar-refractivity contribution in [2.24, 2.45) is 0 Å². The third kappa shape index (κ3) is 1.90. The Labute approximate surface area is 115 Å². The van der Waals surface area contributed by atoms with E-state index in [1.54, 1.807) is 18.0 Å². The molecule has 2 aliphatic rings. The van der Waals surface area contributed by atoms with E-state index in [2.05, 4.69) is 5.16 Å². The van der Waals surface area contributed by atoms with Gasteiger partial charge in [-0.25, -0.2) is 14.5 Å². The standard InChI is InChI=1S/C13H14N2O5/c1-8-6-10(20-14-8)7-9-4-3-5-15(2)13(9)18-11(16)12(17)19-13/h4,6H,3,5,7H2,1-2H3. The van der Waals surface area contributed by atoms with Crippen molar-refractivity contribution >= 4 is 11.9 Å². The summed E-state index contributed by atoms with van der Waals surface area (Å²) in [5, 5.41) is 3.81. The summed E-state index contributed by atoms with van der Waals surface area (Å²) in [6.45, 7) is 2.44. The second-order valence-electron chi connectivity index (χ2n) is 4.91. The van der Waals surface area contributed by atoms with Crippen molar-refractivity contribution < 1.29 is 23.6 Å². The predicted octanol–water partition coefficient (Wildman–Crippen LogP) is 0.541. The van der Waals surface area contributed by atoms with Gasteiger partial charge in [-0.05, 0) is 20.4 Å². The second-order valence-corrected chi connectivity index (χ2v) is 4.91. The lowest BCUT2D eigenvalue weighted by Crippen LogP contribution is -2.52. The van der Waals surface area contributed by atoms with Crippen molar-refractivity contribution in [2.45, 2.75) is 25.7 Å². The summed E-state index contributed by atoms with van der Waals surface area (Å²) in [5.41, 5.74) is 1.43. The Morgan fingerprint density at radius 1 is 1.35 bits per heavy atom. The highest BCUT2D eigenvalue weighted by molar-refractivity contribution is 6.31. The number of rotatable bonds is 2. The van der Waals surface area contributed by atoms with Crippen LogP contribution in [0.4, 0.5) is 0 Å². The maximum atomic E-state index is 11.4. The number of hydrogen-bond acceptors (Lipinski definition) is 7. The van der Waals surface area contributed by atoms with Gasteiger partial charge in [-0.1, -0.05) is 11.2 Å². The molecule has 1 aromatic heterocycles. The zero-order valence-corrected chi connectivity index (χ0v) is 11.2. The molecule has 7 nitrogen and oxygen atoms in total. The Morgan fingerprint density at radius 2 is 2.05 bits per heavy atom. The zero-order valence-electron chi connectivity index (χ0n) is 11.2. The lowest BCUT2D eigenvalue weighted by molar-refractivity contribution is -0.224. The average molecular weight is 278 g/mol. The quantitative estimate of drug-likeness (QED) is 0.443. The molecule has 2 aliphatic heterocycles. The monoisotopic (exact) mass is 278 g/mol. The van der Waals surface area contributed by atoms with Crippen molar-refractivity contribution in [2.75, 3.05) is 13.6 Å². The molecule has 1 fully saturated rings. The van der Waals surface area contributed by atoms with Crippen molar-refractivity contribution in [3.63, 3.8) is 0 Å². The SMILES string of the molecule is Cc1cc(CC2=CCCN(C)C23OC(=O)C(=O)O3)on1. The van der Waals surface area contributed by atoms with E-state index in [-0.39, 0.29) is 0 Å². The zero-order chi connectivity index (χ0) is 14.3. The highest BCUT2D eigenvalue weighted by Crippen LogP contribution is 2.37. The molecule has 0 aromatic carbocycles. The number of aryl methyl sites for hydroxylation is 1. The number of carbonyl (C=O) groups is 2. The van der Waals surface area contributed by atoms with Gasteiger partial charge in [0.15, 0.2) is 0 Å². The fraction of sp³-hybridized carbons (Fsp3) is 0.462. The highest BCUT2D eigenvalue weighted by Gasteiger charge is 2.55. The van der Waals surface area contributed by atoms with Crippen molar-refractivity contribution in [3.8, 4) is 0 Å². The smallest absolute Gasteiger partial charge is 0.396 e. The van der Waals surface area contributed by atoms with Crippen LogP contribution in [-0.4, -0.2) is 41.5 Å². The summed E-state index contributed by atoms with van der Waals surface area (Å²) in [6.07, 6.45) is 3.05. The summed E-state index contributed by atoms with van der Waals surface area (Å²) in [6, 6.07) is 1.79. The molecule has 0 radical (unpaired) electrons. The molecule has 106 valence electrons. The number of esters is 2. The van der Waals surface area contributed by atoms with Crippen molar-refractivity contribution in [1.82, 2.24) is 10.1 Å². The molecule has 3 heterocycles. The Kier molecular flexibility index (Phi) is 2.86. The van der Waals surface area contributed by atoms with Gasteiger partial charge in [-0.3, -0.25) is 0 Å². The Morgan fingerprint density at radius 3 is 2.65 bits per heavy atom. The number of likely N-dealkylation sites (N-methyl/N-ethyl adjacent to an activating group) is 1. The van der Waals surface area contributed by atoms with Gasteiger partial charge in [0.2, 0.25) is 0 Å². The van der Waals surface area contributed by atoms with Crippen LogP contribution in [0, 0.1) is 6.92 Å². The van der Waals surface area contributed by atoms with E-state index in [0.29, 0.717) is 24.3 Å². The van der Waals surface area contributed by atoms with Crippen LogP contribution in [0.15, 0.2) is 22.2 Å². The van der Waals surface area contributed by atoms with Crippen LogP contribution in [0.5, 0.6) is 0 Å². The molecule has 0 atom stereocenters. The second kappa shape index (κ2) is 4.45. The van der Waals surface area contributed by atoms with E-state index in [4.69, 9.17) is 14.0 Å². The van der Waals surface area contributed by atoms with E-state index in [9.17, 15) is 9.59 Å². The first-order chi connectivity index (χ1) is 9.51. The summed E-state index contributed by atoms with van der Waals surface area (Å²) in [5.74, 6) is -2.76. The molecule has 20 heavy (non-hydrogen) atoms. The van der Waals surface area contributed by atoms with Crippen LogP contribution in [0.2, 0.25) is 0 Å². The maximum absolute atomic E-state index is 11.4. The van der Waals surface area contributed by atoms with Gasteiger partial charge in [0.05, 0.1) is 5.69 Å². The van der Waals surface area contributed by atoms with Gasteiger partial charge in [0.25, 0.3) is 0 Å². The average Bonchev–Trinajstić information content (AvgIpc) is 2.92. The van der Waals surface area contributed by atoms with Gasteiger partial charge in [-0.2, -0.15) is 0 Å². The van der Waals surface area contributed by atoms with Gasteiger partial charge < -0.3 is 14.0 Å². The van der Waals surface area contributed by atoms with Crippen molar-refractivity contribution in [3.05, 3.63) is 29.2 Å². The third-order valence-corrected chi connectivity index (χ3v) is 3.43. The minimum absolute atomic E-state index is 0.367. The Bertz CT molecular complexity index is 588. The van der Waals surface area contributed by atoms with Crippen LogP contribution < -0.4 is 0 Å². The third-order valence-electron chi connectivity index (χ3n) is 3.43. The molecule has 7 heteroatoms. The molecule has 3 rings (SSSR count). The molecule has 1 spiro atoms. The number of nitrogens with zero attached hydrogens (tertiary/aromatic N) is 2. The number of aromatic nitrogens is 1. The van der Waals surface area contributed by atoms with Crippen LogP contribution >= 0.6 is 0 Å². The summed E-state index contributed by atoms with van der Waals surface area (Å²) in [4.78, 5) is 24.5. The summed E-state index contributed by atoms with van der Waals surface area (Å²) in [7, 11) is 1.74. The topological polar surface area (TPSA) is 81.9 Å². The van der Waals surface area contributed by atoms with E-state index >= 15 is 0 Å². The molecule has 0 amide bonds. The van der Waals surface area contributed by atoms with Crippen LogP contribution in [0.3, 0.4) is 0 Å². The van der Waals surface area contributed by atoms with Crippen LogP contribution in [0.25, 0.3) is 0 Å². The Hall–Kier alpha value is -2.15. The lowest BCUT2D eigenvalue weighted by atomic mass is 10.0. The molecule has 0 unspecified atom stereocenters. The molecular weight excluding hydrogens is 264 g/mol. The van der Waals surface area contributed by atoms with E-state index in [1.807, 2.05) is 13.0 Å². The van der Waals surface area contributed by atoms with Crippen LogP contribution in [-0.2, 0) is 25.5 Å². The fourth-order valence-corrected chi connectivity index (χ4v) is 2.47. The number of ether oxygens (including phenoxy) is 2. The summed E-state index contributed by atoms with van der Waals surface area (Å²) < 4.78 is 15.6. The van der Waals surface area contributed by atoms with Gasteiger partial charge in [0.1, 0.15) is 5.76 Å². The first kappa shape index (κ1) is 12.9. The lowest BCUT2D eigenvalue weighted by Gasteiger charge is -2.38. The minimum atomic E-state index is -1.44. The number of hydrogen-bond donors (Lipinski definition) is 0. The first-order valence-corrected chi connectivity index (χ1v) is 6.30. The highest BCUT2D eigenvalue weighted by atomic mass is 16.8. The first-order valence-electron chi connectivity index (χ1n) is 6.30. The molecule has 0 aliphatic carbocycles. The molecule has 0 N–H and O–H groups in total. The normalized spacial score (nSPS) is 21.8. The fourth-order valence-electron chi connectivity index (χ4n) is 2.47. The molecule has 0 bridgehead atoms. The van der Waals surface area contributed by atoms with Crippen LogP contribution in [0.1, 0.15) is 17.9 Å². The van der Waals surface area contributed by atoms with Crippen molar-refractivity contribution in [1.29, 1.82) is 0 Å². The Balaban J connectivity index is 1.93. The summed E-state index contributed by atoms with van der Waals surface area (Å²) >= 11 is 0. The number of carbonyl (C=O) groups excluding carboxylic acids is 2. The van der Waals surface area contributed by atoms with Gasteiger partial charge >= 0.3 is 17.8 Å². The van der Waals surface area contributed by atoms with Gasteiger partial charge in [-0.15, -0.1) is 0 Å². The molecular formula is C13H14N2O5. The molecule has 1 aromatic rings. The molecule has 1 saturated heterocycles. The van der Waals surface area contributed by atoms with E-state index < -0.39 is 17.8 Å². The molecule has 0 saturated carbocycles.